The van der Waals surface area contributed by atoms with Crippen LogP contribution in [0.25, 0.3) is 5.69 Å². The Hall–Kier alpha value is -3.00. The first-order chi connectivity index (χ1) is 12.2. The highest BCUT2D eigenvalue weighted by atomic mass is 16.2. The van der Waals surface area contributed by atoms with Crippen molar-refractivity contribution in [1.82, 2.24) is 29.6 Å². The molecule has 25 heavy (non-hydrogen) atoms. The van der Waals surface area contributed by atoms with Crippen molar-refractivity contribution >= 4 is 11.6 Å². The predicted octanol–water partition coefficient (Wildman–Crippen LogP) is 0.942. The van der Waals surface area contributed by atoms with E-state index < -0.39 is 0 Å². The molecule has 0 aromatic carbocycles. The molecule has 1 aliphatic heterocycles. The Kier molecular flexibility index (Phi) is 4.02. The lowest BCUT2D eigenvalue weighted by Gasteiger charge is -2.18. The van der Waals surface area contributed by atoms with Crippen LogP contribution in [0.3, 0.4) is 0 Å². The number of rotatable bonds is 4. The molecule has 2 N–H and O–H groups in total. The van der Waals surface area contributed by atoms with Crippen molar-refractivity contribution in [1.29, 1.82) is 0 Å². The summed E-state index contributed by atoms with van der Waals surface area (Å²) in [4.78, 5) is 21.1. The van der Waals surface area contributed by atoms with Gasteiger partial charge in [-0.1, -0.05) is 0 Å². The smallest absolute Gasteiger partial charge is 0.229 e. The molecule has 8 heteroatoms. The van der Waals surface area contributed by atoms with Gasteiger partial charge in [0.05, 0.1) is 36.0 Å². The molecule has 0 saturated carbocycles. The summed E-state index contributed by atoms with van der Waals surface area (Å²) in [7, 11) is 1.88. The lowest BCUT2D eigenvalue weighted by molar-refractivity contribution is -0.119. The molecule has 1 amide bonds. The van der Waals surface area contributed by atoms with Crippen LogP contribution in [0.4, 0.5) is 5.69 Å². The first-order valence-corrected chi connectivity index (χ1v) is 8.15. The van der Waals surface area contributed by atoms with E-state index in [-0.39, 0.29) is 17.7 Å². The Morgan fingerprint density at radius 2 is 2.20 bits per heavy atom. The third-order valence-corrected chi connectivity index (χ3v) is 4.54. The first kappa shape index (κ1) is 15.5. The zero-order valence-electron chi connectivity index (χ0n) is 13.8. The summed E-state index contributed by atoms with van der Waals surface area (Å²) in [5.74, 6) is -0.0599. The van der Waals surface area contributed by atoms with Gasteiger partial charge in [-0.3, -0.25) is 14.5 Å². The average molecular weight is 337 g/mol. The number of carbonyl (C=O) groups excluding carboxylic acids is 1. The van der Waals surface area contributed by atoms with Gasteiger partial charge in [0, 0.05) is 50.8 Å². The van der Waals surface area contributed by atoms with Gasteiger partial charge in [0.25, 0.3) is 0 Å². The van der Waals surface area contributed by atoms with Crippen molar-refractivity contribution in [3.63, 3.8) is 0 Å². The maximum atomic E-state index is 12.9. The Morgan fingerprint density at radius 3 is 2.96 bits per heavy atom. The van der Waals surface area contributed by atoms with E-state index in [1.807, 2.05) is 36.3 Å². The molecule has 1 fully saturated rings. The number of aryl methyl sites for hydroxylation is 1. The molecule has 1 saturated heterocycles. The van der Waals surface area contributed by atoms with Crippen LogP contribution in [0, 0.1) is 5.92 Å². The number of amides is 1. The highest BCUT2D eigenvalue weighted by molar-refractivity contribution is 5.95. The van der Waals surface area contributed by atoms with Crippen molar-refractivity contribution in [2.24, 2.45) is 13.0 Å². The number of hydrogen-bond acceptors (Lipinski definition) is 5. The molecule has 0 unspecified atom stereocenters. The Balaban J connectivity index is 1.56. The quantitative estimate of drug-likeness (QED) is 0.740. The number of anilines is 1. The van der Waals surface area contributed by atoms with Gasteiger partial charge >= 0.3 is 0 Å². The second-order valence-electron chi connectivity index (χ2n) is 6.17. The van der Waals surface area contributed by atoms with Gasteiger partial charge in [0.2, 0.25) is 5.91 Å². The maximum absolute atomic E-state index is 12.9. The predicted molar refractivity (Wildman–Crippen MR) is 92.3 cm³/mol. The maximum Gasteiger partial charge on any atom is 0.229 e. The molecule has 0 aliphatic carbocycles. The van der Waals surface area contributed by atoms with Gasteiger partial charge in [0.1, 0.15) is 0 Å². The zero-order valence-corrected chi connectivity index (χ0v) is 13.8. The molecular formula is C17H19N7O. The average Bonchev–Trinajstić information content (AvgIpc) is 3.36. The normalized spacial score (nSPS) is 19.9. The largest absolute Gasteiger partial charge is 0.323 e. The van der Waals surface area contributed by atoms with Gasteiger partial charge in [-0.2, -0.15) is 5.10 Å². The van der Waals surface area contributed by atoms with Crippen molar-refractivity contribution in [2.45, 2.75) is 5.92 Å². The lowest BCUT2D eigenvalue weighted by atomic mass is 9.90. The van der Waals surface area contributed by atoms with Gasteiger partial charge in [-0.15, -0.1) is 0 Å². The first-order valence-electron chi connectivity index (χ1n) is 8.15. The molecule has 8 nitrogen and oxygen atoms in total. The van der Waals surface area contributed by atoms with E-state index >= 15 is 0 Å². The third kappa shape index (κ3) is 3.03. The van der Waals surface area contributed by atoms with Crippen LogP contribution < -0.4 is 10.6 Å². The number of pyridine rings is 1. The number of carbonyl (C=O) groups is 1. The second kappa shape index (κ2) is 6.48. The van der Waals surface area contributed by atoms with E-state index in [4.69, 9.17) is 0 Å². The molecule has 3 aromatic rings. The summed E-state index contributed by atoms with van der Waals surface area (Å²) < 4.78 is 3.61. The molecule has 128 valence electrons. The van der Waals surface area contributed by atoms with E-state index in [1.54, 1.807) is 29.6 Å². The highest BCUT2D eigenvalue weighted by Gasteiger charge is 2.35. The summed E-state index contributed by atoms with van der Waals surface area (Å²) in [6, 6.07) is 1.85. The lowest BCUT2D eigenvalue weighted by Crippen LogP contribution is -2.28. The minimum Gasteiger partial charge on any atom is -0.323 e. The Bertz CT molecular complexity index is 871. The second-order valence-corrected chi connectivity index (χ2v) is 6.17. The number of nitrogens with one attached hydrogen (secondary N) is 2. The molecule has 4 rings (SSSR count). The number of aromatic nitrogens is 5. The van der Waals surface area contributed by atoms with E-state index in [0.29, 0.717) is 12.2 Å². The fraction of sp³-hybridized carbons (Fsp3) is 0.294. The van der Waals surface area contributed by atoms with Crippen LogP contribution >= 0.6 is 0 Å². The van der Waals surface area contributed by atoms with Crippen molar-refractivity contribution in [3.8, 4) is 5.69 Å². The zero-order chi connectivity index (χ0) is 17.2. The summed E-state index contributed by atoms with van der Waals surface area (Å²) in [6.07, 6.45) is 12.4. The molecule has 2 atom stereocenters. The summed E-state index contributed by atoms with van der Waals surface area (Å²) in [5.41, 5.74) is 2.58. The molecule has 4 heterocycles. The fourth-order valence-corrected chi connectivity index (χ4v) is 3.27. The van der Waals surface area contributed by atoms with E-state index in [9.17, 15) is 4.79 Å². The topological polar surface area (TPSA) is 89.7 Å². The van der Waals surface area contributed by atoms with Gasteiger partial charge in [-0.25, -0.2) is 4.98 Å². The Labute approximate surface area is 144 Å². The highest BCUT2D eigenvalue weighted by Crippen LogP contribution is 2.29. The molecule has 1 aliphatic rings. The molecule has 3 aromatic heterocycles. The molecule has 0 radical (unpaired) electrons. The summed E-state index contributed by atoms with van der Waals surface area (Å²) in [5, 5.41) is 10.6. The summed E-state index contributed by atoms with van der Waals surface area (Å²) in [6.45, 7) is 1.41. The minimum absolute atomic E-state index is 0.0202. The van der Waals surface area contributed by atoms with Crippen LogP contribution in [0.15, 0.2) is 49.6 Å². The fourth-order valence-electron chi connectivity index (χ4n) is 3.27. The number of hydrogen-bond donors (Lipinski definition) is 2. The standard InChI is InChI=1S/C17H19N7O/c1-23-10-12(6-21-23)13-7-20-8-14(13)17(25)22-15-9-18-3-2-16(15)24-5-4-19-11-24/h2-6,9-11,13-14,20H,7-8H2,1H3,(H,22,25)/t13-,14+/m1/s1. The number of nitrogens with zero attached hydrogens (tertiary/aromatic N) is 5. The van der Waals surface area contributed by atoms with E-state index in [1.165, 1.54) is 0 Å². The minimum atomic E-state index is -0.153. The SMILES string of the molecule is Cn1cc([C@H]2CNC[C@@H]2C(=O)Nc2cnccc2-n2ccnc2)cn1. The van der Waals surface area contributed by atoms with Crippen LogP contribution in [0.5, 0.6) is 0 Å². The van der Waals surface area contributed by atoms with Crippen molar-refractivity contribution < 1.29 is 4.79 Å². The van der Waals surface area contributed by atoms with E-state index in [2.05, 4.69) is 25.7 Å². The monoisotopic (exact) mass is 337 g/mol. The molecular weight excluding hydrogens is 318 g/mol. The van der Waals surface area contributed by atoms with Crippen molar-refractivity contribution in [2.75, 3.05) is 18.4 Å². The van der Waals surface area contributed by atoms with Crippen LogP contribution in [-0.2, 0) is 11.8 Å². The van der Waals surface area contributed by atoms with Gasteiger partial charge in [-0.05, 0) is 11.6 Å². The number of imidazole rings is 1. The van der Waals surface area contributed by atoms with Gasteiger partial charge < -0.3 is 15.2 Å². The van der Waals surface area contributed by atoms with Crippen LogP contribution in [0.1, 0.15) is 11.5 Å². The molecule has 0 spiro atoms. The molecule has 0 bridgehead atoms. The summed E-state index contributed by atoms with van der Waals surface area (Å²) >= 11 is 0. The Morgan fingerprint density at radius 1 is 1.28 bits per heavy atom. The van der Waals surface area contributed by atoms with Crippen molar-refractivity contribution in [3.05, 3.63) is 55.1 Å². The van der Waals surface area contributed by atoms with E-state index in [0.717, 1.165) is 17.8 Å². The van der Waals surface area contributed by atoms with Gasteiger partial charge in [0.15, 0.2) is 0 Å². The van der Waals surface area contributed by atoms with Crippen LogP contribution in [0.2, 0.25) is 0 Å². The van der Waals surface area contributed by atoms with Crippen LogP contribution in [-0.4, -0.2) is 43.3 Å². The third-order valence-electron chi connectivity index (χ3n) is 4.54.